The molecule has 3 aromatic carbocycles. The molecule has 0 aliphatic heterocycles. The van der Waals surface area contributed by atoms with E-state index in [1.54, 1.807) is 12.1 Å². The minimum atomic E-state index is -0.525. The third-order valence-electron chi connectivity index (χ3n) is 4.94. The number of thiophene rings is 1. The second-order valence-corrected chi connectivity index (χ2v) is 8.51. The van der Waals surface area contributed by atoms with Crippen molar-refractivity contribution >= 4 is 56.7 Å². The number of methoxy groups -OCH3 is 1. The molecule has 32 heavy (non-hydrogen) atoms. The zero-order valence-electron chi connectivity index (χ0n) is 17.3. The summed E-state index contributed by atoms with van der Waals surface area (Å²) >= 11 is 7.77. The molecule has 0 aliphatic carbocycles. The molecule has 4 rings (SSSR count). The summed E-state index contributed by atoms with van der Waals surface area (Å²) in [5, 5.41) is 4.08. The lowest BCUT2D eigenvalue weighted by Gasteiger charge is -2.10. The topological polar surface area (TPSA) is 55.4 Å². The number of carbonyl (C=O) groups excluding carboxylic acids is 2. The van der Waals surface area contributed by atoms with Gasteiger partial charge in [-0.3, -0.25) is 4.79 Å². The van der Waals surface area contributed by atoms with Gasteiger partial charge in [0.15, 0.2) is 0 Å². The molecule has 0 unspecified atom stereocenters. The fraction of sp³-hybridized carbons (Fsp3) is 0.0769. The molecule has 6 heteroatoms. The van der Waals surface area contributed by atoms with Crippen LogP contribution in [0.5, 0.6) is 0 Å². The Balaban J connectivity index is 1.61. The molecule has 0 saturated carbocycles. The summed E-state index contributed by atoms with van der Waals surface area (Å²) in [6, 6.07) is 22.9. The molecule has 1 N–H and O–H groups in total. The molecular weight excluding hydrogens is 442 g/mol. The van der Waals surface area contributed by atoms with Crippen LogP contribution in [0, 0.1) is 0 Å². The van der Waals surface area contributed by atoms with Crippen LogP contribution in [0.2, 0.25) is 5.02 Å². The summed E-state index contributed by atoms with van der Waals surface area (Å²) in [5.41, 5.74) is 2.70. The highest BCUT2D eigenvalue weighted by Crippen LogP contribution is 2.35. The average Bonchev–Trinajstić information content (AvgIpc) is 3.16. The number of amides is 1. The smallest absolute Gasteiger partial charge is 0.339 e. The van der Waals surface area contributed by atoms with Crippen LogP contribution in [-0.2, 0) is 11.2 Å². The predicted octanol–water partition coefficient (Wildman–Crippen LogP) is 6.85. The minimum absolute atomic E-state index is 0.276. The molecule has 1 amide bonds. The summed E-state index contributed by atoms with van der Waals surface area (Å²) in [5.74, 6) is -0.894. The molecular formula is C26H20ClNO3S. The van der Waals surface area contributed by atoms with Gasteiger partial charge >= 0.3 is 5.97 Å². The lowest BCUT2D eigenvalue weighted by atomic mass is 10.1. The Morgan fingerprint density at radius 1 is 1.03 bits per heavy atom. The molecule has 1 heterocycles. The second-order valence-electron chi connectivity index (χ2n) is 7.08. The number of carbonyl (C=O) groups is 2. The molecule has 4 aromatic rings. The summed E-state index contributed by atoms with van der Waals surface area (Å²) < 4.78 is 5.81. The maximum absolute atomic E-state index is 13.0. The number of rotatable bonds is 6. The van der Waals surface area contributed by atoms with Crippen LogP contribution >= 0.6 is 22.9 Å². The van der Waals surface area contributed by atoms with Gasteiger partial charge in [0, 0.05) is 10.1 Å². The standard InChI is InChI=1S/C26H20ClNO3S/c1-31-26(30)19-15-14-18(11-7-10-17-8-3-2-4-9-17)16-21(19)28-25(29)24-23(27)20-12-5-6-13-22(20)32-24/h2-9,11-16H,10H2,1H3,(H,28,29). The largest absolute Gasteiger partial charge is 0.465 e. The van der Waals surface area contributed by atoms with E-state index >= 15 is 0 Å². The lowest BCUT2D eigenvalue weighted by molar-refractivity contribution is 0.0602. The average molecular weight is 462 g/mol. The van der Waals surface area contributed by atoms with Gasteiger partial charge in [0.2, 0.25) is 0 Å². The Hall–Kier alpha value is -3.41. The van der Waals surface area contributed by atoms with Crippen molar-refractivity contribution in [2.45, 2.75) is 6.42 Å². The monoisotopic (exact) mass is 461 g/mol. The Labute approximate surface area is 195 Å². The number of anilines is 1. The van der Waals surface area contributed by atoms with Crippen LogP contribution in [0.3, 0.4) is 0 Å². The van der Waals surface area contributed by atoms with E-state index in [0.29, 0.717) is 15.6 Å². The van der Waals surface area contributed by atoms with Crippen LogP contribution in [0.25, 0.3) is 16.2 Å². The van der Waals surface area contributed by atoms with Crippen molar-refractivity contribution in [3.8, 4) is 0 Å². The molecule has 0 saturated heterocycles. The van der Waals surface area contributed by atoms with Gasteiger partial charge in [0.05, 0.1) is 23.4 Å². The van der Waals surface area contributed by atoms with E-state index in [0.717, 1.165) is 22.1 Å². The first-order valence-electron chi connectivity index (χ1n) is 9.98. The highest BCUT2D eigenvalue weighted by atomic mass is 35.5. The highest BCUT2D eigenvalue weighted by Gasteiger charge is 2.20. The van der Waals surface area contributed by atoms with Gasteiger partial charge in [0.1, 0.15) is 4.88 Å². The zero-order chi connectivity index (χ0) is 22.5. The van der Waals surface area contributed by atoms with E-state index < -0.39 is 5.97 Å². The van der Waals surface area contributed by atoms with Crippen LogP contribution in [-0.4, -0.2) is 19.0 Å². The fourth-order valence-corrected chi connectivity index (χ4v) is 4.75. The number of fused-ring (bicyclic) bond motifs is 1. The third kappa shape index (κ3) is 4.74. The third-order valence-corrected chi connectivity index (χ3v) is 6.62. The highest BCUT2D eigenvalue weighted by molar-refractivity contribution is 7.21. The van der Waals surface area contributed by atoms with Gasteiger partial charge < -0.3 is 10.1 Å². The summed E-state index contributed by atoms with van der Waals surface area (Å²) in [6.45, 7) is 0. The Morgan fingerprint density at radius 3 is 2.53 bits per heavy atom. The van der Waals surface area contributed by atoms with Crippen molar-refractivity contribution in [3.63, 3.8) is 0 Å². The van der Waals surface area contributed by atoms with Crippen LogP contribution < -0.4 is 5.32 Å². The van der Waals surface area contributed by atoms with Crippen molar-refractivity contribution in [1.29, 1.82) is 0 Å². The van der Waals surface area contributed by atoms with Crippen molar-refractivity contribution in [2.75, 3.05) is 12.4 Å². The van der Waals surface area contributed by atoms with Gasteiger partial charge in [-0.2, -0.15) is 0 Å². The van der Waals surface area contributed by atoms with E-state index in [4.69, 9.17) is 16.3 Å². The van der Waals surface area contributed by atoms with Crippen LogP contribution in [0.15, 0.2) is 78.9 Å². The molecule has 0 radical (unpaired) electrons. The van der Waals surface area contributed by atoms with Crippen molar-refractivity contribution in [1.82, 2.24) is 0 Å². The molecule has 0 bridgehead atoms. The van der Waals surface area contributed by atoms with Gasteiger partial charge in [0.25, 0.3) is 5.91 Å². The molecule has 0 aliphatic rings. The quantitative estimate of drug-likeness (QED) is 0.319. The summed E-state index contributed by atoms with van der Waals surface area (Å²) in [7, 11) is 1.31. The number of hydrogen-bond donors (Lipinski definition) is 1. The number of nitrogens with one attached hydrogen (secondary N) is 1. The lowest BCUT2D eigenvalue weighted by Crippen LogP contribution is -2.15. The number of allylic oxidation sites excluding steroid dienone is 1. The van der Waals surface area contributed by atoms with E-state index in [2.05, 4.69) is 17.4 Å². The van der Waals surface area contributed by atoms with E-state index in [1.165, 1.54) is 24.0 Å². The normalized spacial score (nSPS) is 11.1. The zero-order valence-corrected chi connectivity index (χ0v) is 18.9. The van der Waals surface area contributed by atoms with E-state index in [-0.39, 0.29) is 11.5 Å². The van der Waals surface area contributed by atoms with Gasteiger partial charge in [-0.15, -0.1) is 11.3 Å². The predicted molar refractivity (Wildman–Crippen MR) is 132 cm³/mol. The van der Waals surface area contributed by atoms with Crippen molar-refractivity contribution in [2.24, 2.45) is 0 Å². The summed E-state index contributed by atoms with van der Waals surface area (Å²) in [4.78, 5) is 25.7. The maximum Gasteiger partial charge on any atom is 0.339 e. The fourth-order valence-electron chi connectivity index (χ4n) is 3.34. The summed E-state index contributed by atoms with van der Waals surface area (Å²) in [6.07, 6.45) is 4.77. The van der Waals surface area contributed by atoms with E-state index in [1.807, 2.05) is 60.7 Å². The number of benzene rings is 3. The molecule has 1 aromatic heterocycles. The molecule has 160 valence electrons. The van der Waals surface area contributed by atoms with Crippen LogP contribution in [0.1, 0.15) is 31.2 Å². The number of hydrogen-bond acceptors (Lipinski definition) is 4. The van der Waals surface area contributed by atoms with Gasteiger partial charge in [-0.05, 0) is 35.7 Å². The van der Waals surface area contributed by atoms with Crippen molar-refractivity contribution < 1.29 is 14.3 Å². The maximum atomic E-state index is 13.0. The molecule has 0 fully saturated rings. The SMILES string of the molecule is COC(=O)c1ccc(C=CCc2ccccc2)cc1NC(=O)c1sc2ccccc2c1Cl. The molecule has 0 atom stereocenters. The Morgan fingerprint density at radius 2 is 1.78 bits per heavy atom. The van der Waals surface area contributed by atoms with Crippen LogP contribution in [0.4, 0.5) is 5.69 Å². The van der Waals surface area contributed by atoms with Gasteiger partial charge in [-0.1, -0.05) is 78.4 Å². The Bertz CT molecular complexity index is 1310. The first-order chi connectivity index (χ1) is 15.6. The molecule has 4 nitrogen and oxygen atoms in total. The van der Waals surface area contributed by atoms with Gasteiger partial charge in [-0.25, -0.2) is 4.79 Å². The number of halogens is 1. The minimum Gasteiger partial charge on any atom is -0.465 e. The first-order valence-corrected chi connectivity index (χ1v) is 11.2. The first kappa shape index (κ1) is 21.8. The molecule has 0 spiro atoms. The number of ether oxygens (including phenoxy) is 1. The van der Waals surface area contributed by atoms with E-state index in [9.17, 15) is 9.59 Å². The number of esters is 1. The van der Waals surface area contributed by atoms with Crippen molar-refractivity contribution in [3.05, 3.63) is 105 Å². The second kappa shape index (κ2) is 9.81. The Kier molecular flexibility index (Phi) is 6.69.